The van der Waals surface area contributed by atoms with Gasteiger partial charge in [-0.1, -0.05) is 13.8 Å². The summed E-state index contributed by atoms with van der Waals surface area (Å²) in [6.45, 7) is 4.11. The zero-order chi connectivity index (χ0) is 9.84. The molecule has 0 amide bonds. The summed E-state index contributed by atoms with van der Waals surface area (Å²) in [5.74, 6) is 0.917. The average molecular weight is 181 g/mol. The zero-order valence-corrected chi connectivity index (χ0v) is 8.19. The quantitative estimate of drug-likeness (QED) is 0.759. The van der Waals surface area contributed by atoms with E-state index in [1.807, 2.05) is 0 Å². The first-order valence-corrected chi connectivity index (χ1v) is 4.26. The van der Waals surface area contributed by atoms with Gasteiger partial charge in [-0.05, 0) is 5.92 Å². The minimum Gasteiger partial charge on any atom is -0.481 e. The number of rotatable bonds is 3. The van der Waals surface area contributed by atoms with Gasteiger partial charge < -0.3 is 10.5 Å². The van der Waals surface area contributed by atoms with Crippen LogP contribution >= 0.6 is 0 Å². The molecular formula is C9H15N3O. The molecule has 13 heavy (non-hydrogen) atoms. The highest BCUT2D eigenvalue weighted by molar-refractivity contribution is 5.16. The Bertz CT molecular complexity index is 275. The molecule has 1 heterocycles. The van der Waals surface area contributed by atoms with Crippen LogP contribution in [0.15, 0.2) is 12.4 Å². The summed E-state index contributed by atoms with van der Waals surface area (Å²) < 4.78 is 4.98. The van der Waals surface area contributed by atoms with Crippen molar-refractivity contribution in [1.82, 2.24) is 9.97 Å². The molecule has 0 aromatic carbocycles. The number of aromatic nitrogens is 2. The highest BCUT2D eigenvalue weighted by atomic mass is 16.5. The molecule has 4 nitrogen and oxygen atoms in total. The smallest absolute Gasteiger partial charge is 0.216 e. The maximum atomic E-state index is 5.92. The maximum absolute atomic E-state index is 5.92. The highest BCUT2D eigenvalue weighted by Gasteiger charge is 2.12. The summed E-state index contributed by atoms with van der Waals surface area (Å²) in [4.78, 5) is 8.00. The summed E-state index contributed by atoms with van der Waals surface area (Å²) in [6.07, 6.45) is 1.47. The molecule has 72 valence electrons. The standard InChI is InChI=1S/C9H15N3O/c1-6(2)9(10)7-4-8(13-3)12-5-11-7/h4-6,9H,10H2,1-3H3. The summed E-state index contributed by atoms with van der Waals surface area (Å²) in [7, 11) is 1.58. The second-order valence-electron chi connectivity index (χ2n) is 3.26. The Morgan fingerprint density at radius 1 is 1.38 bits per heavy atom. The van der Waals surface area contributed by atoms with Crippen LogP contribution in [0.4, 0.5) is 0 Å². The highest BCUT2D eigenvalue weighted by Crippen LogP contribution is 2.18. The van der Waals surface area contributed by atoms with Crippen LogP contribution in [0.1, 0.15) is 25.6 Å². The van der Waals surface area contributed by atoms with Gasteiger partial charge in [0.25, 0.3) is 0 Å². The van der Waals surface area contributed by atoms with E-state index in [2.05, 4.69) is 23.8 Å². The molecule has 4 heteroatoms. The fraction of sp³-hybridized carbons (Fsp3) is 0.556. The van der Waals surface area contributed by atoms with E-state index in [0.29, 0.717) is 11.8 Å². The number of ether oxygens (including phenoxy) is 1. The van der Waals surface area contributed by atoms with Crippen molar-refractivity contribution in [3.63, 3.8) is 0 Å². The van der Waals surface area contributed by atoms with Crippen LogP contribution < -0.4 is 10.5 Å². The third-order valence-electron chi connectivity index (χ3n) is 1.93. The molecule has 0 radical (unpaired) electrons. The second kappa shape index (κ2) is 4.18. The minimum atomic E-state index is -0.0584. The topological polar surface area (TPSA) is 61.0 Å². The Kier molecular flexibility index (Phi) is 3.19. The van der Waals surface area contributed by atoms with Crippen molar-refractivity contribution in [2.75, 3.05) is 7.11 Å². The van der Waals surface area contributed by atoms with Crippen molar-refractivity contribution >= 4 is 0 Å². The lowest BCUT2D eigenvalue weighted by atomic mass is 10.0. The van der Waals surface area contributed by atoms with Gasteiger partial charge in [0.05, 0.1) is 12.8 Å². The van der Waals surface area contributed by atoms with Gasteiger partial charge in [0.2, 0.25) is 5.88 Å². The number of nitrogens with two attached hydrogens (primary N) is 1. The van der Waals surface area contributed by atoms with Gasteiger partial charge in [-0.2, -0.15) is 0 Å². The van der Waals surface area contributed by atoms with Crippen LogP contribution in [0.5, 0.6) is 5.88 Å². The Morgan fingerprint density at radius 3 is 2.62 bits per heavy atom. The van der Waals surface area contributed by atoms with Crippen molar-refractivity contribution in [3.8, 4) is 5.88 Å². The Labute approximate surface area is 78.1 Å². The predicted molar refractivity (Wildman–Crippen MR) is 50.4 cm³/mol. The average Bonchev–Trinajstić information content (AvgIpc) is 2.16. The van der Waals surface area contributed by atoms with Crippen molar-refractivity contribution in [1.29, 1.82) is 0 Å². The normalized spacial score (nSPS) is 13.0. The van der Waals surface area contributed by atoms with Crippen molar-refractivity contribution < 1.29 is 4.74 Å². The van der Waals surface area contributed by atoms with Crippen molar-refractivity contribution in [3.05, 3.63) is 18.1 Å². The van der Waals surface area contributed by atoms with Crippen molar-refractivity contribution in [2.45, 2.75) is 19.9 Å². The van der Waals surface area contributed by atoms with E-state index >= 15 is 0 Å². The van der Waals surface area contributed by atoms with Crippen molar-refractivity contribution in [2.24, 2.45) is 11.7 Å². The molecule has 1 aromatic heterocycles. The third kappa shape index (κ3) is 2.39. The fourth-order valence-corrected chi connectivity index (χ4v) is 0.989. The summed E-state index contributed by atoms with van der Waals surface area (Å²) >= 11 is 0. The van der Waals surface area contributed by atoms with E-state index in [-0.39, 0.29) is 6.04 Å². The molecule has 0 aliphatic heterocycles. The summed E-state index contributed by atoms with van der Waals surface area (Å²) in [6, 6.07) is 1.71. The van der Waals surface area contributed by atoms with Crippen LogP contribution in [-0.4, -0.2) is 17.1 Å². The first-order valence-electron chi connectivity index (χ1n) is 4.26. The molecular weight excluding hydrogens is 166 g/mol. The summed E-state index contributed by atoms with van der Waals surface area (Å²) in [5.41, 5.74) is 6.74. The van der Waals surface area contributed by atoms with E-state index in [0.717, 1.165) is 5.69 Å². The van der Waals surface area contributed by atoms with E-state index in [9.17, 15) is 0 Å². The Morgan fingerprint density at radius 2 is 2.08 bits per heavy atom. The fourth-order valence-electron chi connectivity index (χ4n) is 0.989. The molecule has 0 fully saturated rings. The zero-order valence-electron chi connectivity index (χ0n) is 8.19. The third-order valence-corrected chi connectivity index (χ3v) is 1.93. The molecule has 0 aliphatic rings. The molecule has 1 aromatic rings. The van der Waals surface area contributed by atoms with Crippen LogP contribution in [0.25, 0.3) is 0 Å². The van der Waals surface area contributed by atoms with Gasteiger partial charge in [0, 0.05) is 12.1 Å². The van der Waals surface area contributed by atoms with E-state index in [1.54, 1.807) is 13.2 Å². The van der Waals surface area contributed by atoms with Gasteiger partial charge in [-0.25, -0.2) is 9.97 Å². The molecule has 0 spiro atoms. The first kappa shape index (κ1) is 9.92. The number of methoxy groups -OCH3 is 1. The van der Waals surface area contributed by atoms with Crippen LogP contribution in [0.3, 0.4) is 0 Å². The van der Waals surface area contributed by atoms with E-state index in [1.165, 1.54) is 6.33 Å². The summed E-state index contributed by atoms with van der Waals surface area (Å²) in [5, 5.41) is 0. The van der Waals surface area contributed by atoms with Gasteiger partial charge in [-0.15, -0.1) is 0 Å². The molecule has 0 saturated heterocycles. The first-order chi connectivity index (χ1) is 6.15. The molecule has 0 aliphatic carbocycles. The van der Waals surface area contributed by atoms with Crippen LogP contribution in [-0.2, 0) is 0 Å². The number of nitrogens with zero attached hydrogens (tertiary/aromatic N) is 2. The maximum Gasteiger partial charge on any atom is 0.216 e. The number of hydrogen-bond donors (Lipinski definition) is 1. The van der Waals surface area contributed by atoms with Gasteiger partial charge in [-0.3, -0.25) is 0 Å². The molecule has 1 atom stereocenters. The van der Waals surface area contributed by atoms with Crippen LogP contribution in [0.2, 0.25) is 0 Å². The lowest BCUT2D eigenvalue weighted by molar-refractivity contribution is 0.393. The molecule has 1 rings (SSSR count). The lowest BCUT2D eigenvalue weighted by Crippen LogP contribution is -2.18. The molecule has 0 bridgehead atoms. The number of hydrogen-bond acceptors (Lipinski definition) is 4. The van der Waals surface area contributed by atoms with E-state index < -0.39 is 0 Å². The molecule has 2 N–H and O–H groups in total. The SMILES string of the molecule is COc1cc(C(N)C(C)C)ncn1. The Balaban J connectivity index is 2.88. The lowest BCUT2D eigenvalue weighted by Gasteiger charge is -2.14. The van der Waals surface area contributed by atoms with Gasteiger partial charge in [0.1, 0.15) is 6.33 Å². The monoisotopic (exact) mass is 181 g/mol. The Hall–Kier alpha value is -1.16. The molecule has 1 unspecified atom stereocenters. The van der Waals surface area contributed by atoms with E-state index in [4.69, 9.17) is 10.5 Å². The predicted octanol–water partition coefficient (Wildman–Crippen LogP) is 1.14. The second-order valence-corrected chi connectivity index (χ2v) is 3.26. The largest absolute Gasteiger partial charge is 0.481 e. The van der Waals surface area contributed by atoms with Crippen LogP contribution in [0, 0.1) is 5.92 Å². The van der Waals surface area contributed by atoms with Gasteiger partial charge >= 0.3 is 0 Å². The molecule has 0 saturated carbocycles. The minimum absolute atomic E-state index is 0.0584. The van der Waals surface area contributed by atoms with Gasteiger partial charge in [0.15, 0.2) is 0 Å².